The first-order valence-corrected chi connectivity index (χ1v) is 6.07. The Hall–Kier alpha value is -1.05. The van der Waals surface area contributed by atoms with Crippen LogP contribution in [0.1, 0.15) is 18.4 Å². The minimum Gasteiger partial charge on any atom is -0.330 e. The molecule has 0 spiro atoms. The molecule has 0 saturated carbocycles. The van der Waals surface area contributed by atoms with Gasteiger partial charge in [-0.25, -0.2) is 0 Å². The maximum Gasteiger partial charge on any atom is 0.0484 e. The summed E-state index contributed by atoms with van der Waals surface area (Å²) in [5.74, 6) is 0. The van der Waals surface area contributed by atoms with E-state index in [2.05, 4.69) is 24.3 Å². The van der Waals surface area contributed by atoms with Crippen molar-refractivity contribution in [2.45, 2.75) is 19.3 Å². The Balaban J connectivity index is 2.35. The number of hydrogen-bond acceptors (Lipinski definition) is 1. The fraction of sp³-hybridized carbons (Fsp3) is 0.286. The lowest BCUT2D eigenvalue weighted by atomic mass is 10.0. The van der Waals surface area contributed by atoms with Crippen molar-refractivity contribution in [1.82, 2.24) is 0 Å². The summed E-state index contributed by atoms with van der Waals surface area (Å²) < 4.78 is 0. The molecule has 0 bridgehead atoms. The van der Waals surface area contributed by atoms with Crippen molar-refractivity contribution in [1.29, 1.82) is 0 Å². The van der Waals surface area contributed by atoms with Crippen LogP contribution in [-0.4, -0.2) is 6.54 Å². The number of rotatable bonds is 4. The van der Waals surface area contributed by atoms with Crippen LogP contribution in [0.15, 0.2) is 36.4 Å². The number of benzene rings is 2. The molecule has 2 aromatic rings. The van der Waals surface area contributed by atoms with Crippen LogP contribution in [0.5, 0.6) is 0 Å². The van der Waals surface area contributed by atoms with Crippen LogP contribution in [-0.2, 0) is 6.42 Å². The minimum atomic E-state index is 0.769. The summed E-state index contributed by atoms with van der Waals surface area (Å²) in [5.41, 5.74) is 6.88. The molecule has 0 aliphatic rings. The first-order valence-electron chi connectivity index (χ1n) is 5.69. The third-order valence-electron chi connectivity index (χ3n) is 2.86. The van der Waals surface area contributed by atoms with E-state index in [1.54, 1.807) is 0 Å². The summed E-state index contributed by atoms with van der Waals surface area (Å²) in [6, 6.07) is 12.4. The molecule has 0 amide bonds. The summed E-state index contributed by atoms with van der Waals surface area (Å²) in [4.78, 5) is 0. The quantitative estimate of drug-likeness (QED) is 0.800. The van der Waals surface area contributed by atoms with E-state index in [0.29, 0.717) is 0 Å². The Labute approximate surface area is 101 Å². The van der Waals surface area contributed by atoms with Crippen molar-refractivity contribution in [3.05, 3.63) is 47.0 Å². The number of fused-ring (bicyclic) bond motifs is 1. The van der Waals surface area contributed by atoms with Gasteiger partial charge in [0.15, 0.2) is 0 Å². The molecular formula is C14H16ClN. The van der Waals surface area contributed by atoms with Gasteiger partial charge in [0.05, 0.1) is 0 Å². The van der Waals surface area contributed by atoms with Crippen molar-refractivity contribution in [3.63, 3.8) is 0 Å². The van der Waals surface area contributed by atoms with Crippen molar-refractivity contribution in [2.24, 2.45) is 5.73 Å². The van der Waals surface area contributed by atoms with E-state index in [1.165, 1.54) is 10.9 Å². The van der Waals surface area contributed by atoms with Crippen molar-refractivity contribution in [3.8, 4) is 0 Å². The lowest BCUT2D eigenvalue weighted by Gasteiger charge is -2.07. The van der Waals surface area contributed by atoms with Gasteiger partial charge in [0, 0.05) is 10.4 Å². The average Bonchev–Trinajstić information content (AvgIpc) is 2.33. The smallest absolute Gasteiger partial charge is 0.0484 e. The summed E-state index contributed by atoms with van der Waals surface area (Å²) in [7, 11) is 0. The predicted molar refractivity (Wildman–Crippen MR) is 71.0 cm³/mol. The van der Waals surface area contributed by atoms with Gasteiger partial charge in [0.1, 0.15) is 0 Å². The molecule has 0 saturated heterocycles. The highest BCUT2D eigenvalue weighted by molar-refractivity contribution is 6.35. The second-order valence-corrected chi connectivity index (χ2v) is 4.41. The predicted octanol–water partition coefficient (Wildman–Crippen LogP) is 3.77. The Morgan fingerprint density at radius 3 is 2.44 bits per heavy atom. The fourth-order valence-electron chi connectivity index (χ4n) is 2.00. The van der Waals surface area contributed by atoms with E-state index in [4.69, 9.17) is 17.3 Å². The maximum absolute atomic E-state index is 6.17. The van der Waals surface area contributed by atoms with Crippen LogP contribution in [0.4, 0.5) is 0 Å². The van der Waals surface area contributed by atoms with Gasteiger partial charge in [-0.15, -0.1) is 0 Å². The van der Waals surface area contributed by atoms with E-state index < -0.39 is 0 Å². The zero-order chi connectivity index (χ0) is 11.4. The Kier molecular flexibility index (Phi) is 3.81. The summed E-state index contributed by atoms with van der Waals surface area (Å²) in [6.07, 6.45) is 3.30. The molecular weight excluding hydrogens is 218 g/mol. The third kappa shape index (κ3) is 2.37. The van der Waals surface area contributed by atoms with Crippen molar-refractivity contribution >= 4 is 22.4 Å². The Morgan fingerprint density at radius 2 is 1.69 bits per heavy atom. The molecule has 0 atom stereocenters. The molecule has 0 aromatic heterocycles. The van der Waals surface area contributed by atoms with Gasteiger partial charge in [0.25, 0.3) is 0 Å². The van der Waals surface area contributed by atoms with Gasteiger partial charge >= 0.3 is 0 Å². The number of hydrogen-bond donors (Lipinski definition) is 1. The maximum atomic E-state index is 6.17. The number of unbranched alkanes of at least 4 members (excludes halogenated alkanes) is 1. The average molecular weight is 234 g/mol. The summed E-state index contributed by atoms with van der Waals surface area (Å²) >= 11 is 6.17. The highest BCUT2D eigenvalue weighted by Crippen LogP contribution is 2.27. The van der Waals surface area contributed by atoms with Crippen LogP contribution < -0.4 is 5.73 Å². The number of nitrogens with two attached hydrogens (primary N) is 1. The van der Waals surface area contributed by atoms with Crippen LogP contribution in [0.25, 0.3) is 10.8 Å². The molecule has 0 aliphatic carbocycles. The third-order valence-corrected chi connectivity index (χ3v) is 3.19. The largest absolute Gasteiger partial charge is 0.330 e. The standard InChI is InChI=1S/C14H16ClN/c15-14-9-8-11(5-3-4-10-16)12-6-1-2-7-13(12)14/h1-2,6-9H,3-5,10,16H2. The van der Waals surface area contributed by atoms with Crippen LogP contribution in [0.3, 0.4) is 0 Å². The molecule has 2 rings (SSSR count). The van der Waals surface area contributed by atoms with Crippen molar-refractivity contribution < 1.29 is 0 Å². The molecule has 0 aliphatic heterocycles. The van der Waals surface area contributed by atoms with Gasteiger partial charge in [-0.1, -0.05) is 41.9 Å². The van der Waals surface area contributed by atoms with E-state index in [0.717, 1.165) is 36.2 Å². The van der Waals surface area contributed by atoms with E-state index in [9.17, 15) is 0 Å². The molecule has 84 valence electrons. The van der Waals surface area contributed by atoms with Gasteiger partial charge in [0.2, 0.25) is 0 Å². The van der Waals surface area contributed by atoms with Crippen LogP contribution in [0, 0.1) is 0 Å². The van der Waals surface area contributed by atoms with Crippen LogP contribution in [0.2, 0.25) is 5.02 Å². The SMILES string of the molecule is NCCCCc1ccc(Cl)c2ccccc12. The summed E-state index contributed by atoms with van der Waals surface area (Å²) in [5, 5.41) is 3.25. The second kappa shape index (κ2) is 5.33. The topological polar surface area (TPSA) is 26.0 Å². The zero-order valence-corrected chi connectivity index (χ0v) is 10.0. The van der Waals surface area contributed by atoms with Gasteiger partial charge in [-0.2, -0.15) is 0 Å². The lowest BCUT2D eigenvalue weighted by Crippen LogP contribution is -1.99. The highest BCUT2D eigenvalue weighted by atomic mass is 35.5. The lowest BCUT2D eigenvalue weighted by molar-refractivity contribution is 0.747. The molecule has 2 heteroatoms. The van der Waals surface area contributed by atoms with E-state index in [-0.39, 0.29) is 0 Å². The Bertz CT molecular complexity index is 479. The second-order valence-electron chi connectivity index (χ2n) is 4.00. The van der Waals surface area contributed by atoms with Gasteiger partial charge in [-0.3, -0.25) is 0 Å². The molecule has 0 fully saturated rings. The number of halogens is 1. The highest BCUT2D eigenvalue weighted by Gasteiger charge is 2.03. The monoisotopic (exact) mass is 233 g/mol. The van der Waals surface area contributed by atoms with Crippen molar-refractivity contribution in [2.75, 3.05) is 6.54 Å². The van der Waals surface area contributed by atoms with Gasteiger partial charge < -0.3 is 5.73 Å². The molecule has 2 aromatic carbocycles. The molecule has 2 N–H and O–H groups in total. The summed E-state index contributed by atoms with van der Waals surface area (Å²) in [6.45, 7) is 0.769. The molecule has 0 unspecified atom stereocenters. The Morgan fingerprint density at radius 1 is 0.938 bits per heavy atom. The first-order chi connectivity index (χ1) is 7.83. The molecule has 1 nitrogen and oxygen atoms in total. The molecule has 16 heavy (non-hydrogen) atoms. The van der Waals surface area contributed by atoms with Crippen LogP contribution >= 0.6 is 11.6 Å². The van der Waals surface area contributed by atoms with Gasteiger partial charge in [-0.05, 0) is 42.8 Å². The minimum absolute atomic E-state index is 0.769. The fourth-order valence-corrected chi connectivity index (χ4v) is 2.23. The number of aryl methyl sites for hydroxylation is 1. The zero-order valence-electron chi connectivity index (χ0n) is 9.25. The van der Waals surface area contributed by atoms with E-state index in [1.807, 2.05) is 12.1 Å². The molecule has 0 heterocycles. The first kappa shape index (κ1) is 11.4. The van der Waals surface area contributed by atoms with E-state index >= 15 is 0 Å². The molecule has 0 radical (unpaired) electrons. The normalized spacial score (nSPS) is 10.9.